The van der Waals surface area contributed by atoms with Crippen molar-refractivity contribution in [2.24, 2.45) is 0 Å². The lowest BCUT2D eigenvalue weighted by atomic mass is 9.94. The summed E-state index contributed by atoms with van der Waals surface area (Å²) in [4.78, 5) is 0.232. The van der Waals surface area contributed by atoms with Crippen LogP contribution in [-0.4, -0.2) is 8.42 Å². The third-order valence-corrected chi connectivity index (χ3v) is 7.07. The van der Waals surface area contributed by atoms with Crippen molar-refractivity contribution in [3.8, 4) is 17.2 Å². The number of hydrogen-bond acceptors (Lipinski definition) is 3. The molecular weight excluding hydrogens is 420 g/mol. The summed E-state index contributed by atoms with van der Waals surface area (Å²) in [5, 5.41) is 11.2. The number of rotatable bonds is 7. The molecule has 4 rings (SSSR count). The quantitative estimate of drug-likeness (QED) is 0.324. The Morgan fingerprint density at radius 3 is 1.81 bits per heavy atom. The van der Waals surface area contributed by atoms with E-state index < -0.39 is 9.84 Å². The maximum atomic E-state index is 12.7. The Bertz CT molecular complexity index is 1260. The Labute approximate surface area is 188 Å². The molecule has 32 heavy (non-hydrogen) atoms. The van der Waals surface area contributed by atoms with E-state index in [1.165, 1.54) is 47.5 Å². The van der Waals surface area contributed by atoms with Gasteiger partial charge in [0.1, 0.15) is 11.5 Å². The third kappa shape index (κ3) is 5.01. The first-order valence-corrected chi connectivity index (χ1v) is 11.8. The lowest BCUT2D eigenvalue weighted by Gasteiger charge is -2.12. The topological polar surface area (TPSA) is 63.3 Å². The van der Waals surface area contributed by atoms with Crippen molar-refractivity contribution in [2.75, 3.05) is 0 Å². The van der Waals surface area contributed by atoms with E-state index in [4.69, 9.17) is 4.74 Å². The minimum absolute atomic E-state index is 0.0872. The van der Waals surface area contributed by atoms with Crippen molar-refractivity contribution in [1.82, 2.24) is 0 Å². The van der Waals surface area contributed by atoms with Gasteiger partial charge in [-0.1, -0.05) is 43.3 Å². The van der Waals surface area contributed by atoms with Crippen molar-refractivity contribution in [2.45, 2.75) is 29.1 Å². The normalized spacial score (nSPS) is 12.3. The molecule has 0 aliphatic rings. The minimum Gasteiger partial charge on any atom is -0.457 e. The van der Waals surface area contributed by atoms with Gasteiger partial charge in [0.15, 0.2) is 5.75 Å². The van der Waals surface area contributed by atoms with Crippen LogP contribution in [0.4, 0.5) is 0 Å². The van der Waals surface area contributed by atoms with Crippen molar-refractivity contribution >= 4 is 9.84 Å². The van der Waals surface area contributed by atoms with Crippen LogP contribution in [0.15, 0.2) is 107 Å². The summed E-state index contributed by atoms with van der Waals surface area (Å²) in [7, 11) is -3.68. The second-order valence-corrected chi connectivity index (χ2v) is 9.58. The second-order valence-electron chi connectivity index (χ2n) is 7.63. The summed E-state index contributed by atoms with van der Waals surface area (Å²) in [5.41, 5.74) is 2.49. The summed E-state index contributed by atoms with van der Waals surface area (Å²) in [6.07, 6.45) is 0.921. The van der Waals surface area contributed by atoms with E-state index >= 15 is 0 Å². The minimum atomic E-state index is -3.68. The van der Waals surface area contributed by atoms with Gasteiger partial charge in [0.2, 0.25) is 9.84 Å². The van der Waals surface area contributed by atoms with E-state index in [9.17, 15) is 13.5 Å². The summed E-state index contributed by atoms with van der Waals surface area (Å²) >= 11 is 0. The van der Waals surface area contributed by atoms with Crippen LogP contribution in [0.5, 0.6) is 17.2 Å². The van der Waals surface area contributed by atoms with Crippen molar-refractivity contribution in [3.63, 3.8) is 0 Å². The molecule has 1 unspecified atom stereocenters. The highest BCUT2D eigenvalue weighted by Crippen LogP contribution is 2.28. The van der Waals surface area contributed by atoms with Gasteiger partial charge in [-0.05, 0) is 90.2 Å². The predicted molar refractivity (Wildman–Crippen MR) is 122 cm³/mol. The zero-order valence-corrected chi connectivity index (χ0v) is 18.4. The first-order valence-electron chi connectivity index (χ1n) is 10.3. The maximum absolute atomic E-state index is 12.7. The van der Waals surface area contributed by atoms with E-state index in [0.29, 0.717) is 17.4 Å². The van der Waals surface area contributed by atoms with Gasteiger partial charge in [-0.3, -0.25) is 5.11 Å². The molecule has 0 saturated heterocycles. The standard InChI is InChI=1S/C27H22O4S/c1-20(22-5-3-2-4-6-22)19-21-7-11-24(12-8-21)31-25-13-17-27(18-14-25)32(29,30)26-15-9-23(28)10-16-26/h3-18,20H,19H2,1H3. The Balaban J connectivity index is 1.42. The van der Waals surface area contributed by atoms with Crippen LogP contribution >= 0.6 is 0 Å². The van der Waals surface area contributed by atoms with Gasteiger partial charge < -0.3 is 4.74 Å². The van der Waals surface area contributed by atoms with Gasteiger partial charge in [0, 0.05) is 0 Å². The zero-order chi connectivity index (χ0) is 22.6. The van der Waals surface area contributed by atoms with E-state index in [2.05, 4.69) is 25.1 Å². The molecule has 0 fully saturated rings. The molecule has 5 heteroatoms. The van der Waals surface area contributed by atoms with Crippen LogP contribution in [-0.2, 0) is 21.4 Å². The van der Waals surface area contributed by atoms with E-state index in [-0.39, 0.29) is 15.5 Å². The predicted octanol–water partition coefficient (Wildman–Crippen LogP) is 6.60. The molecule has 0 amide bonds. The zero-order valence-electron chi connectivity index (χ0n) is 17.6. The molecule has 0 aliphatic carbocycles. The van der Waals surface area contributed by atoms with Crippen LogP contribution in [0.1, 0.15) is 24.0 Å². The van der Waals surface area contributed by atoms with Crippen molar-refractivity contribution in [3.05, 3.63) is 114 Å². The van der Waals surface area contributed by atoms with E-state index in [1.54, 1.807) is 12.1 Å². The monoisotopic (exact) mass is 442 g/mol. The fourth-order valence-electron chi connectivity index (χ4n) is 3.47. The van der Waals surface area contributed by atoms with Gasteiger partial charge in [0.05, 0.1) is 9.79 Å². The van der Waals surface area contributed by atoms with Gasteiger partial charge in [-0.25, -0.2) is 8.42 Å². The average molecular weight is 443 g/mol. The fourth-order valence-corrected chi connectivity index (χ4v) is 4.73. The maximum Gasteiger partial charge on any atom is 0.206 e. The van der Waals surface area contributed by atoms with Crippen molar-refractivity contribution < 1.29 is 18.3 Å². The molecule has 1 atom stereocenters. The van der Waals surface area contributed by atoms with Crippen molar-refractivity contribution in [1.29, 1.82) is 0 Å². The van der Waals surface area contributed by atoms with Gasteiger partial charge >= 0.3 is 0 Å². The lowest BCUT2D eigenvalue weighted by molar-refractivity contribution is 0.354. The Morgan fingerprint density at radius 2 is 1.25 bits per heavy atom. The molecule has 0 bridgehead atoms. The number of sulfone groups is 1. The second kappa shape index (κ2) is 9.28. The highest BCUT2D eigenvalue weighted by molar-refractivity contribution is 7.91. The Morgan fingerprint density at radius 1 is 0.750 bits per heavy atom. The number of hydrogen-bond donors (Lipinski definition) is 0. The van der Waals surface area contributed by atoms with Crippen LogP contribution < -0.4 is 4.74 Å². The first kappa shape index (κ1) is 21.7. The summed E-state index contributed by atoms with van der Waals surface area (Å²) in [5.74, 6) is 1.39. The summed E-state index contributed by atoms with van der Waals surface area (Å²) in [6, 6.07) is 30.4. The molecular formula is C27H22O4S. The van der Waals surface area contributed by atoms with E-state index in [0.717, 1.165) is 6.42 Å². The SMILES string of the molecule is CC(Cc1ccc(Oc2ccc(S(=O)(=O)c3ccc([O])cc3)cc2)cc1)c1cc[c]cc1. The van der Waals surface area contributed by atoms with Gasteiger partial charge in [0.25, 0.3) is 0 Å². The molecule has 0 spiro atoms. The third-order valence-electron chi connectivity index (χ3n) is 5.28. The molecule has 4 nitrogen and oxygen atoms in total. The number of benzene rings is 4. The largest absolute Gasteiger partial charge is 0.457 e. The molecule has 0 aliphatic heterocycles. The molecule has 4 aromatic rings. The highest BCUT2D eigenvalue weighted by atomic mass is 32.2. The summed E-state index contributed by atoms with van der Waals surface area (Å²) in [6.45, 7) is 2.20. The number of ether oxygens (including phenoxy) is 1. The van der Waals surface area contributed by atoms with Crippen LogP contribution in [0, 0.1) is 6.07 Å². The first-order chi connectivity index (χ1) is 15.4. The molecule has 0 N–H and O–H groups in total. The molecule has 0 saturated carbocycles. The molecule has 0 heterocycles. The molecule has 0 aromatic heterocycles. The fraction of sp³-hybridized carbons (Fsp3) is 0.111. The van der Waals surface area contributed by atoms with E-state index in [1.807, 2.05) is 36.4 Å². The highest BCUT2D eigenvalue weighted by Gasteiger charge is 2.17. The Kier molecular flexibility index (Phi) is 6.28. The molecule has 4 aromatic carbocycles. The Hall–Kier alpha value is -3.57. The van der Waals surface area contributed by atoms with Crippen LogP contribution in [0.3, 0.4) is 0 Å². The lowest BCUT2D eigenvalue weighted by Crippen LogP contribution is -2.01. The molecule has 160 valence electrons. The van der Waals surface area contributed by atoms with Gasteiger partial charge in [-0.15, -0.1) is 0 Å². The smallest absolute Gasteiger partial charge is 0.206 e. The van der Waals surface area contributed by atoms with Gasteiger partial charge in [-0.2, -0.15) is 0 Å². The van der Waals surface area contributed by atoms with Crippen LogP contribution in [0.2, 0.25) is 0 Å². The molecule has 2 radical (unpaired) electrons. The summed E-state index contributed by atoms with van der Waals surface area (Å²) < 4.78 is 31.3. The van der Waals surface area contributed by atoms with Crippen LogP contribution in [0.25, 0.3) is 0 Å². The average Bonchev–Trinajstić information content (AvgIpc) is 2.81.